The van der Waals surface area contributed by atoms with Gasteiger partial charge in [-0.2, -0.15) is 4.98 Å². The number of benzene rings is 2. The maximum Gasteiger partial charge on any atom is 0.254 e. The molecule has 0 radical (unpaired) electrons. The maximum absolute atomic E-state index is 13.3. The molecule has 1 amide bonds. The third kappa shape index (κ3) is 4.71. The summed E-state index contributed by atoms with van der Waals surface area (Å²) >= 11 is 0. The van der Waals surface area contributed by atoms with Crippen LogP contribution in [0.4, 0.5) is 0 Å². The lowest BCUT2D eigenvalue weighted by Gasteiger charge is -2.31. The van der Waals surface area contributed by atoms with Gasteiger partial charge in [0, 0.05) is 24.2 Å². The molecular weight excluding hydrogens is 434 g/mol. The number of amides is 1. The van der Waals surface area contributed by atoms with Gasteiger partial charge < -0.3 is 23.6 Å². The van der Waals surface area contributed by atoms with Gasteiger partial charge in [0.15, 0.2) is 11.5 Å². The van der Waals surface area contributed by atoms with Gasteiger partial charge in [0.05, 0.1) is 27.2 Å². The monoisotopic (exact) mass is 465 g/mol. The van der Waals surface area contributed by atoms with E-state index < -0.39 is 0 Å². The van der Waals surface area contributed by atoms with Crippen molar-refractivity contribution in [3.63, 3.8) is 0 Å². The van der Waals surface area contributed by atoms with Gasteiger partial charge in [0.1, 0.15) is 0 Å². The normalized spacial score (nSPS) is 15.9. The Hall–Kier alpha value is -3.55. The minimum absolute atomic E-state index is 0.0177. The number of carbonyl (C=O) groups excluding carboxylic acids is 1. The number of aromatic nitrogens is 2. The van der Waals surface area contributed by atoms with Crippen molar-refractivity contribution in [3.05, 3.63) is 53.4 Å². The predicted octanol–water partition coefficient (Wildman–Crippen LogP) is 4.91. The summed E-state index contributed by atoms with van der Waals surface area (Å²) in [5.74, 6) is 2.82. The molecule has 2 heterocycles. The fourth-order valence-corrected chi connectivity index (χ4v) is 4.29. The second-order valence-electron chi connectivity index (χ2n) is 8.74. The number of methoxy groups -OCH3 is 3. The molecule has 3 aromatic rings. The molecule has 1 aromatic heterocycles. The Balaban J connectivity index is 1.51. The molecule has 1 aliphatic rings. The number of piperidine rings is 1. The summed E-state index contributed by atoms with van der Waals surface area (Å²) in [4.78, 5) is 19.8. The highest BCUT2D eigenvalue weighted by Gasteiger charge is 2.30. The number of hydrogen-bond donors (Lipinski definition) is 0. The van der Waals surface area contributed by atoms with Crippen molar-refractivity contribution in [3.8, 4) is 28.6 Å². The smallest absolute Gasteiger partial charge is 0.254 e. The summed E-state index contributed by atoms with van der Waals surface area (Å²) in [5.41, 5.74) is 2.66. The average Bonchev–Trinajstić information content (AvgIpc) is 3.38. The summed E-state index contributed by atoms with van der Waals surface area (Å²) in [7, 11) is 4.60. The summed E-state index contributed by atoms with van der Waals surface area (Å²) in [5, 5.41) is 4.19. The molecule has 0 saturated carbocycles. The van der Waals surface area contributed by atoms with Crippen LogP contribution < -0.4 is 14.2 Å². The lowest BCUT2D eigenvalue weighted by atomic mass is 9.97. The maximum atomic E-state index is 13.3. The number of hydrogen-bond acceptors (Lipinski definition) is 7. The Bertz CT molecular complexity index is 1110. The zero-order chi connectivity index (χ0) is 24.2. The first-order chi connectivity index (χ1) is 16.4. The Kier molecular flexibility index (Phi) is 7.05. The van der Waals surface area contributed by atoms with Gasteiger partial charge in [-0.1, -0.05) is 43.3 Å². The highest BCUT2D eigenvalue weighted by molar-refractivity contribution is 5.95. The summed E-state index contributed by atoms with van der Waals surface area (Å²) in [6.07, 6.45) is 1.73. The second kappa shape index (κ2) is 10.2. The van der Waals surface area contributed by atoms with Crippen LogP contribution in [0, 0.1) is 0 Å². The van der Waals surface area contributed by atoms with E-state index in [4.69, 9.17) is 18.7 Å². The second-order valence-corrected chi connectivity index (χ2v) is 8.74. The minimum Gasteiger partial charge on any atom is -0.493 e. The SMILES string of the molecule is COc1cc(C(=O)N2CCCC(c3nc(-c4ccc(C(C)C)cc4)no3)C2)cc(OC)c1OC. The molecule has 8 nitrogen and oxygen atoms in total. The number of ether oxygens (including phenoxy) is 3. The molecule has 0 spiro atoms. The number of nitrogens with zero attached hydrogens (tertiary/aromatic N) is 3. The van der Waals surface area contributed by atoms with Crippen molar-refractivity contribution in [1.82, 2.24) is 15.0 Å². The van der Waals surface area contributed by atoms with E-state index in [1.165, 1.54) is 26.9 Å². The fraction of sp³-hybridized carbons (Fsp3) is 0.423. The molecule has 0 bridgehead atoms. The third-order valence-electron chi connectivity index (χ3n) is 6.25. The van der Waals surface area contributed by atoms with Crippen LogP contribution in [0.25, 0.3) is 11.4 Å². The van der Waals surface area contributed by atoms with Crippen LogP contribution in [0.15, 0.2) is 40.9 Å². The molecule has 34 heavy (non-hydrogen) atoms. The van der Waals surface area contributed by atoms with Crippen LogP contribution in [0.5, 0.6) is 17.2 Å². The first kappa shape index (κ1) is 23.6. The lowest BCUT2D eigenvalue weighted by molar-refractivity contribution is 0.0694. The number of rotatable bonds is 7. The van der Waals surface area contributed by atoms with Gasteiger partial charge in [-0.05, 0) is 36.5 Å². The molecular formula is C26H31N3O5. The van der Waals surface area contributed by atoms with E-state index in [-0.39, 0.29) is 11.8 Å². The molecule has 1 aliphatic heterocycles. The molecule has 1 atom stereocenters. The third-order valence-corrected chi connectivity index (χ3v) is 6.25. The summed E-state index contributed by atoms with van der Waals surface area (Å²) in [6.45, 7) is 5.48. The van der Waals surface area contributed by atoms with Gasteiger partial charge in [0.25, 0.3) is 5.91 Å². The Morgan fingerprint density at radius 1 is 1.06 bits per heavy atom. The quantitative estimate of drug-likeness (QED) is 0.490. The Labute approximate surface area is 199 Å². The first-order valence-corrected chi connectivity index (χ1v) is 11.5. The summed E-state index contributed by atoms with van der Waals surface area (Å²) in [6, 6.07) is 11.6. The zero-order valence-corrected chi connectivity index (χ0v) is 20.3. The van der Waals surface area contributed by atoms with Gasteiger partial charge in [-0.3, -0.25) is 4.79 Å². The average molecular weight is 466 g/mol. The van der Waals surface area contributed by atoms with Crippen LogP contribution in [0.3, 0.4) is 0 Å². The van der Waals surface area contributed by atoms with Gasteiger partial charge in [0.2, 0.25) is 17.5 Å². The fourth-order valence-electron chi connectivity index (χ4n) is 4.29. The largest absolute Gasteiger partial charge is 0.493 e. The van der Waals surface area contributed by atoms with E-state index >= 15 is 0 Å². The molecule has 2 aromatic carbocycles. The zero-order valence-electron chi connectivity index (χ0n) is 20.3. The number of likely N-dealkylation sites (tertiary alicyclic amines) is 1. The van der Waals surface area contributed by atoms with Crippen molar-refractivity contribution < 1.29 is 23.5 Å². The molecule has 8 heteroatoms. The number of carbonyl (C=O) groups is 1. The van der Waals surface area contributed by atoms with Crippen molar-refractivity contribution in [1.29, 1.82) is 0 Å². The van der Waals surface area contributed by atoms with Crippen LogP contribution in [0.1, 0.15) is 60.3 Å². The van der Waals surface area contributed by atoms with E-state index in [1.807, 2.05) is 17.0 Å². The lowest BCUT2D eigenvalue weighted by Crippen LogP contribution is -2.39. The summed E-state index contributed by atoms with van der Waals surface area (Å²) < 4.78 is 21.8. The van der Waals surface area contributed by atoms with Crippen LogP contribution in [-0.2, 0) is 0 Å². The minimum atomic E-state index is -0.104. The molecule has 0 N–H and O–H groups in total. The van der Waals surface area contributed by atoms with Gasteiger partial charge in [-0.25, -0.2) is 0 Å². The molecule has 4 rings (SSSR count). The highest BCUT2D eigenvalue weighted by Crippen LogP contribution is 2.39. The van der Waals surface area contributed by atoms with E-state index in [9.17, 15) is 4.79 Å². The van der Waals surface area contributed by atoms with E-state index in [1.54, 1.807) is 12.1 Å². The molecule has 1 fully saturated rings. The molecule has 1 unspecified atom stereocenters. The van der Waals surface area contributed by atoms with Gasteiger partial charge in [-0.15, -0.1) is 0 Å². The predicted molar refractivity (Wildman–Crippen MR) is 128 cm³/mol. The van der Waals surface area contributed by atoms with E-state index in [2.05, 4.69) is 36.1 Å². The van der Waals surface area contributed by atoms with Crippen LogP contribution in [0.2, 0.25) is 0 Å². The van der Waals surface area contributed by atoms with E-state index in [0.29, 0.717) is 53.5 Å². The Morgan fingerprint density at radius 3 is 2.32 bits per heavy atom. The molecule has 1 saturated heterocycles. The van der Waals surface area contributed by atoms with Crippen LogP contribution >= 0.6 is 0 Å². The molecule has 180 valence electrons. The van der Waals surface area contributed by atoms with Crippen molar-refractivity contribution >= 4 is 5.91 Å². The topological polar surface area (TPSA) is 86.9 Å². The van der Waals surface area contributed by atoms with Crippen molar-refractivity contribution in [2.75, 3.05) is 34.4 Å². The Morgan fingerprint density at radius 2 is 1.74 bits per heavy atom. The van der Waals surface area contributed by atoms with Crippen molar-refractivity contribution in [2.45, 2.75) is 38.5 Å². The van der Waals surface area contributed by atoms with Crippen LogP contribution in [-0.4, -0.2) is 55.4 Å². The van der Waals surface area contributed by atoms with Crippen molar-refractivity contribution in [2.24, 2.45) is 0 Å². The standard InChI is InChI=1S/C26H31N3O5/c1-16(2)17-8-10-18(11-9-17)24-27-25(34-28-24)19-7-6-12-29(15-19)26(30)20-13-21(31-3)23(33-5)22(14-20)32-4/h8-11,13-14,16,19H,6-7,12,15H2,1-5H3. The molecule has 0 aliphatic carbocycles. The first-order valence-electron chi connectivity index (χ1n) is 11.5. The van der Waals surface area contributed by atoms with E-state index in [0.717, 1.165) is 18.4 Å². The van der Waals surface area contributed by atoms with Gasteiger partial charge >= 0.3 is 0 Å². The highest BCUT2D eigenvalue weighted by atomic mass is 16.5.